The molecule has 0 unspecified atom stereocenters. The molecule has 76 valence electrons. The number of nitrogens with zero attached hydrogens (tertiary/aromatic N) is 1. The van der Waals surface area contributed by atoms with E-state index in [1.54, 1.807) is 12.3 Å². The molecule has 0 aliphatic rings. The summed E-state index contributed by atoms with van der Waals surface area (Å²) < 4.78 is 0. The molecule has 3 nitrogen and oxygen atoms in total. The molecule has 1 heterocycles. The minimum absolute atomic E-state index is 0.117. The number of hydrogen-bond donors (Lipinski definition) is 1. The summed E-state index contributed by atoms with van der Waals surface area (Å²) in [4.78, 5) is 14.4. The minimum Gasteiger partial charge on any atom is -0.477 e. The third-order valence-corrected chi connectivity index (χ3v) is 1.78. The van der Waals surface area contributed by atoms with Crippen molar-refractivity contribution < 1.29 is 9.90 Å². The van der Waals surface area contributed by atoms with Gasteiger partial charge in [-0.1, -0.05) is 20.8 Å². The first kappa shape index (κ1) is 10.7. The molecule has 0 aliphatic heterocycles. The zero-order valence-corrected chi connectivity index (χ0v) is 8.74. The van der Waals surface area contributed by atoms with E-state index in [1.165, 1.54) is 0 Å². The minimum atomic E-state index is -0.972. The van der Waals surface area contributed by atoms with Crippen LogP contribution in [-0.4, -0.2) is 16.1 Å². The topological polar surface area (TPSA) is 50.2 Å². The quantitative estimate of drug-likeness (QED) is 0.784. The molecule has 1 N–H and O–H groups in total. The standard InChI is InChI=1S/C11H15NO2/c1-11(2,3)7-8-4-5-12-9(6-8)10(13)14/h4-6H,7H2,1-3H3,(H,13,14). The number of carboxylic acid groups (broad SMARTS) is 1. The largest absolute Gasteiger partial charge is 0.477 e. The lowest BCUT2D eigenvalue weighted by atomic mass is 9.88. The predicted octanol–water partition coefficient (Wildman–Crippen LogP) is 2.37. The molecule has 0 spiro atoms. The third kappa shape index (κ3) is 3.17. The molecule has 0 saturated heterocycles. The number of carboxylic acids is 1. The Kier molecular flexibility index (Phi) is 2.89. The van der Waals surface area contributed by atoms with Crippen LogP contribution in [0.1, 0.15) is 36.8 Å². The second-order valence-electron chi connectivity index (χ2n) is 4.59. The maximum absolute atomic E-state index is 10.7. The fourth-order valence-corrected chi connectivity index (χ4v) is 1.31. The second kappa shape index (κ2) is 3.78. The molecule has 0 aromatic carbocycles. The highest BCUT2D eigenvalue weighted by Crippen LogP contribution is 2.20. The molecule has 0 radical (unpaired) electrons. The molecule has 1 rings (SSSR count). The van der Waals surface area contributed by atoms with Gasteiger partial charge >= 0.3 is 5.97 Å². The van der Waals surface area contributed by atoms with Gasteiger partial charge in [0.2, 0.25) is 0 Å². The van der Waals surface area contributed by atoms with Crippen molar-refractivity contribution in [1.82, 2.24) is 4.98 Å². The molecule has 0 fully saturated rings. The summed E-state index contributed by atoms with van der Waals surface area (Å²) in [6, 6.07) is 3.49. The molecular formula is C11H15NO2. The third-order valence-electron chi connectivity index (χ3n) is 1.78. The molecule has 3 heteroatoms. The Hall–Kier alpha value is -1.38. The molecule has 1 aromatic rings. The highest BCUT2D eigenvalue weighted by Gasteiger charge is 2.12. The van der Waals surface area contributed by atoms with E-state index >= 15 is 0 Å². The van der Waals surface area contributed by atoms with Crippen LogP contribution in [0.25, 0.3) is 0 Å². The maximum Gasteiger partial charge on any atom is 0.354 e. The Labute approximate surface area is 83.8 Å². The zero-order valence-electron chi connectivity index (χ0n) is 8.74. The van der Waals surface area contributed by atoms with Gasteiger partial charge in [-0.2, -0.15) is 0 Å². The smallest absolute Gasteiger partial charge is 0.354 e. The van der Waals surface area contributed by atoms with Crippen LogP contribution in [0, 0.1) is 5.41 Å². The second-order valence-corrected chi connectivity index (χ2v) is 4.59. The number of hydrogen-bond acceptors (Lipinski definition) is 2. The lowest BCUT2D eigenvalue weighted by Crippen LogP contribution is -2.10. The summed E-state index contributed by atoms with van der Waals surface area (Å²) in [5, 5.41) is 8.75. The SMILES string of the molecule is CC(C)(C)Cc1ccnc(C(=O)O)c1. The zero-order chi connectivity index (χ0) is 10.8. The van der Waals surface area contributed by atoms with E-state index in [-0.39, 0.29) is 11.1 Å². The molecule has 14 heavy (non-hydrogen) atoms. The number of rotatable bonds is 2. The van der Waals surface area contributed by atoms with E-state index in [0.29, 0.717) is 0 Å². The van der Waals surface area contributed by atoms with Crippen molar-refractivity contribution in [3.63, 3.8) is 0 Å². The van der Waals surface area contributed by atoms with Gasteiger partial charge in [0.15, 0.2) is 0 Å². The summed E-state index contributed by atoms with van der Waals surface area (Å²) in [5.41, 5.74) is 1.30. The van der Waals surface area contributed by atoms with E-state index in [2.05, 4.69) is 25.8 Å². The van der Waals surface area contributed by atoms with Crippen LogP contribution in [0.3, 0.4) is 0 Å². The first-order valence-electron chi connectivity index (χ1n) is 4.57. The van der Waals surface area contributed by atoms with Gasteiger partial charge in [0.05, 0.1) is 0 Å². The molecular weight excluding hydrogens is 178 g/mol. The number of carbonyl (C=O) groups is 1. The van der Waals surface area contributed by atoms with Crippen molar-refractivity contribution in [1.29, 1.82) is 0 Å². The van der Waals surface area contributed by atoms with Crippen molar-refractivity contribution in [3.05, 3.63) is 29.6 Å². The summed E-state index contributed by atoms with van der Waals surface area (Å²) in [6.07, 6.45) is 2.40. The van der Waals surface area contributed by atoms with Crippen molar-refractivity contribution in [2.45, 2.75) is 27.2 Å². The first-order valence-corrected chi connectivity index (χ1v) is 4.57. The van der Waals surface area contributed by atoms with Crippen LogP contribution in [0.4, 0.5) is 0 Å². The van der Waals surface area contributed by atoms with E-state index in [0.717, 1.165) is 12.0 Å². The molecule has 0 aliphatic carbocycles. The van der Waals surface area contributed by atoms with Gasteiger partial charge in [0.25, 0.3) is 0 Å². The van der Waals surface area contributed by atoms with E-state index in [1.807, 2.05) is 6.07 Å². The van der Waals surface area contributed by atoms with Gasteiger partial charge in [0.1, 0.15) is 5.69 Å². The Morgan fingerprint density at radius 3 is 2.64 bits per heavy atom. The molecule has 0 amide bonds. The lowest BCUT2D eigenvalue weighted by molar-refractivity contribution is 0.0690. The highest BCUT2D eigenvalue weighted by molar-refractivity contribution is 5.85. The lowest BCUT2D eigenvalue weighted by Gasteiger charge is -2.17. The highest BCUT2D eigenvalue weighted by atomic mass is 16.4. The number of pyridine rings is 1. The van der Waals surface area contributed by atoms with Gasteiger partial charge in [-0.15, -0.1) is 0 Å². The van der Waals surface area contributed by atoms with Crippen molar-refractivity contribution >= 4 is 5.97 Å². The summed E-state index contributed by atoms with van der Waals surface area (Å²) >= 11 is 0. The van der Waals surface area contributed by atoms with Gasteiger partial charge in [-0.25, -0.2) is 9.78 Å². The molecule has 1 aromatic heterocycles. The predicted molar refractivity (Wildman–Crippen MR) is 54.4 cm³/mol. The van der Waals surface area contributed by atoms with Gasteiger partial charge < -0.3 is 5.11 Å². The van der Waals surface area contributed by atoms with E-state index in [4.69, 9.17) is 5.11 Å². The number of aromatic carboxylic acids is 1. The Balaban J connectivity index is 2.89. The molecule has 0 atom stereocenters. The van der Waals surface area contributed by atoms with Crippen LogP contribution in [0.15, 0.2) is 18.3 Å². The fraction of sp³-hybridized carbons (Fsp3) is 0.455. The van der Waals surface area contributed by atoms with Crippen LogP contribution in [0.2, 0.25) is 0 Å². The van der Waals surface area contributed by atoms with Crippen LogP contribution in [-0.2, 0) is 6.42 Å². The molecule has 0 saturated carbocycles. The van der Waals surface area contributed by atoms with Crippen molar-refractivity contribution in [2.24, 2.45) is 5.41 Å². The summed E-state index contributed by atoms with van der Waals surface area (Å²) in [7, 11) is 0. The average molecular weight is 193 g/mol. The maximum atomic E-state index is 10.7. The van der Waals surface area contributed by atoms with Gasteiger partial charge in [-0.3, -0.25) is 0 Å². The van der Waals surface area contributed by atoms with Gasteiger partial charge in [-0.05, 0) is 29.5 Å². The Bertz CT molecular complexity index is 339. The fourth-order valence-electron chi connectivity index (χ4n) is 1.31. The normalized spacial score (nSPS) is 11.4. The van der Waals surface area contributed by atoms with Crippen LogP contribution >= 0.6 is 0 Å². The summed E-state index contributed by atoms with van der Waals surface area (Å²) in [5.74, 6) is -0.972. The summed E-state index contributed by atoms with van der Waals surface area (Å²) in [6.45, 7) is 6.36. The van der Waals surface area contributed by atoms with Gasteiger partial charge in [0, 0.05) is 6.20 Å². The Morgan fingerprint density at radius 2 is 2.14 bits per heavy atom. The van der Waals surface area contributed by atoms with Crippen molar-refractivity contribution in [3.8, 4) is 0 Å². The van der Waals surface area contributed by atoms with E-state index in [9.17, 15) is 4.79 Å². The van der Waals surface area contributed by atoms with Crippen LogP contribution in [0.5, 0.6) is 0 Å². The van der Waals surface area contributed by atoms with E-state index < -0.39 is 5.97 Å². The first-order chi connectivity index (χ1) is 6.38. The molecule has 0 bridgehead atoms. The Morgan fingerprint density at radius 1 is 1.50 bits per heavy atom. The van der Waals surface area contributed by atoms with Crippen LogP contribution < -0.4 is 0 Å². The average Bonchev–Trinajstić information content (AvgIpc) is 2.01. The number of aromatic nitrogens is 1. The monoisotopic (exact) mass is 193 g/mol. The van der Waals surface area contributed by atoms with Crippen molar-refractivity contribution in [2.75, 3.05) is 0 Å².